The van der Waals surface area contributed by atoms with Crippen molar-refractivity contribution in [1.29, 1.82) is 0 Å². The Labute approximate surface area is 115 Å². The van der Waals surface area contributed by atoms with Gasteiger partial charge in [-0.1, -0.05) is 12.1 Å². The number of nitrogens with one attached hydrogen (secondary N) is 1. The van der Waals surface area contributed by atoms with Crippen LogP contribution in [0.3, 0.4) is 0 Å². The predicted octanol–water partition coefficient (Wildman–Crippen LogP) is 2.98. The van der Waals surface area contributed by atoms with Gasteiger partial charge in [-0.3, -0.25) is 0 Å². The molecule has 0 heterocycles. The van der Waals surface area contributed by atoms with E-state index in [0.717, 1.165) is 31.2 Å². The van der Waals surface area contributed by atoms with Gasteiger partial charge in [0.2, 0.25) is 0 Å². The van der Waals surface area contributed by atoms with Crippen LogP contribution in [-0.4, -0.2) is 23.6 Å². The van der Waals surface area contributed by atoms with Crippen LogP contribution in [0.25, 0.3) is 0 Å². The van der Waals surface area contributed by atoms with E-state index < -0.39 is 6.36 Å². The molecule has 1 aromatic rings. The minimum absolute atomic E-state index is 0.198. The van der Waals surface area contributed by atoms with Crippen molar-refractivity contribution in [3.8, 4) is 5.75 Å². The van der Waals surface area contributed by atoms with E-state index in [1.54, 1.807) is 12.1 Å². The number of aliphatic hydroxyl groups excluding tert-OH is 1. The Hall–Kier alpha value is -1.27. The van der Waals surface area contributed by atoms with Crippen LogP contribution in [0.5, 0.6) is 5.75 Å². The van der Waals surface area contributed by atoms with Crippen LogP contribution < -0.4 is 10.1 Å². The third-order valence-electron chi connectivity index (χ3n) is 3.42. The lowest BCUT2D eigenvalue weighted by Gasteiger charge is -2.26. The molecule has 6 heteroatoms. The summed E-state index contributed by atoms with van der Waals surface area (Å²) in [6.45, 7) is 0.496. The van der Waals surface area contributed by atoms with Crippen molar-refractivity contribution in [1.82, 2.24) is 5.32 Å². The number of alkyl halides is 3. The summed E-state index contributed by atoms with van der Waals surface area (Å²) < 4.78 is 40.3. The van der Waals surface area contributed by atoms with Crippen molar-refractivity contribution < 1.29 is 23.0 Å². The first-order chi connectivity index (χ1) is 9.42. The van der Waals surface area contributed by atoms with Gasteiger partial charge < -0.3 is 15.2 Å². The highest BCUT2D eigenvalue weighted by Crippen LogP contribution is 2.24. The van der Waals surface area contributed by atoms with Crippen LogP contribution >= 0.6 is 0 Å². The first kappa shape index (κ1) is 15.1. The molecule has 0 radical (unpaired) electrons. The van der Waals surface area contributed by atoms with Crippen molar-refractivity contribution in [3.05, 3.63) is 29.8 Å². The van der Waals surface area contributed by atoms with Gasteiger partial charge in [0.15, 0.2) is 0 Å². The molecule has 2 rings (SSSR count). The lowest BCUT2D eigenvalue weighted by Crippen LogP contribution is -2.34. The Morgan fingerprint density at radius 1 is 1.20 bits per heavy atom. The number of benzene rings is 1. The average Bonchev–Trinajstić information content (AvgIpc) is 2.36. The van der Waals surface area contributed by atoms with E-state index in [1.807, 2.05) is 0 Å². The number of ether oxygens (including phenoxy) is 1. The molecule has 1 aliphatic carbocycles. The Kier molecular flexibility index (Phi) is 4.88. The zero-order valence-electron chi connectivity index (χ0n) is 11.0. The summed E-state index contributed by atoms with van der Waals surface area (Å²) >= 11 is 0. The van der Waals surface area contributed by atoms with Crippen molar-refractivity contribution >= 4 is 0 Å². The van der Waals surface area contributed by atoms with Crippen LogP contribution in [0.2, 0.25) is 0 Å². The molecule has 0 unspecified atom stereocenters. The van der Waals surface area contributed by atoms with E-state index in [-0.39, 0.29) is 11.9 Å². The van der Waals surface area contributed by atoms with E-state index >= 15 is 0 Å². The van der Waals surface area contributed by atoms with E-state index in [4.69, 9.17) is 0 Å². The molecule has 3 nitrogen and oxygen atoms in total. The van der Waals surface area contributed by atoms with E-state index in [1.165, 1.54) is 12.1 Å². The van der Waals surface area contributed by atoms with Crippen molar-refractivity contribution in [3.63, 3.8) is 0 Å². The summed E-state index contributed by atoms with van der Waals surface area (Å²) in [4.78, 5) is 0. The lowest BCUT2D eigenvalue weighted by molar-refractivity contribution is -0.274. The number of rotatable bonds is 4. The summed E-state index contributed by atoms with van der Waals surface area (Å²) in [6, 6.07) is 6.29. The van der Waals surface area contributed by atoms with Crippen LogP contribution in [-0.2, 0) is 6.54 Å². The van der Waals surface area contributed by atoms with E-state index in [0.29, 0.717) is 12.6 Å². The van der Waals surface area contributed by atoms with Crippen molar-refractivity contribution in [2.24, 2.45) is 0 Å². The Balaban J connectivity index is 1.85. The maximum atomic E-state index is 12.1. The molecular formula is C14H18F3NO2. The normalized spacial score (nSPS) is 23.6. The molecule has 0 saturated heterocycles. The van der Waals surface area contributed by atoms with Crippen LogP contribution in [0, 0.1) is 0 Å². The first-order valence-corrected chi connectivity index (χ1v) is 6.68. The largest absolute Gasteiger partial charge is 0.573 e. The SMILES string of the molecule is OC1CCC(NCc2cccc(OC(F)(F)F)c2)CC1. The van der Waals surface area contributed by atoms with Crippen molar-refractivity contribution in [2.45, 2.75) is 50.7 Å². The van der Waals surface area contributed by atoms with Gasteiger partial charge in [0, 0.05) is 12.6 Å². The molecule has 0 aliphatic heterocycles. The standard InChI is InChI=1S/C14H18F3NO2/c15-14(16,17)20-13-3-1-2-10(8-13)9-18-11-4-6-12(19)7-5-11/h1-3,8,11-12,18-19H,4-7,9H2. The summed E-state index contributed by atoms with van der Waals surface area (Å²) in [5, 5.41) is 12.7. The molecular weight excluding hydrogens is 271 g/mol. The Morgan fingerprint density at radius 2 is 1.90 bits per heavy atom. The zero-order chi connectivity index (χ0) is 14.6. The third kappa shape index (κ3) is 5.02. The highest BCUT2D eigenvalue weighted by molar-refractivity contribution is 5.28. The molecule has 112 valence electrons. The quantitative estimate of drug-likeness (QED) is 0.895. The molecule has 2 N–H and O–H groups in total. The molecule has 0 atom stereocenters. The summed E-state index contributed by atoms with van der Waals surface area (Å²) in [6.07, 6.45) is -1.55. The summed E-state index contributed by atoms with van der Waals surface area (Å²) in [5.41, 5.74) is 0.748. The molecule has 0 amide bonds. The second kappa shape index (κ2) is 6.45. The molecule has 1 saturated carbocycles. The number of hydrogen-bond donors (Lipinski definition) is 2. The van der Waals surface area contributed by atoms with Gasteiger partial charge in [0.1, 0.15) is 5.75 Å². The van der Waals surface area contributed by atoms with E-state index in [2.05, 4.69) is 10.1 Å². The van der Waals surface area contributed by atoms with Gasteiger partial charge in [-0.15, -0.1) is 13.2 Å². The Morgan fingerprint density at radius 3 is 2.55 bits per heavy atom. The zero-order valence-corrected chi connectivity index (χ0v) is 11.0. The number of aliphatic hydroxyl groups is 1. The van der Waals surface area contributed by atoms with Crippen LogP contribution in [0.15, 0.2) is 24.3 Å². The predicted molar refractivity (Wildman–Crippen MR) is 68.2 cm³/mol. The van der Waals surface area contributed by atoms with Gasteiger partial charge in [0.05, 0.1) is 6.10 Å². The molecule has 0 aromatic heterocycles. The smallest absolute Gasteiger partial charge is 0.406 e. The Bertz CT molecular complexity index is 429. The maximum Gasteiger partial charge on any atom is 0.573 e. The fourth-order valence-corrected chi connectivity index (χ4v) is 2.39. The molecule has 0 bridgehead atoms. The van der Waals surface area contributed by atoms with Gasteiger partial charge in [-0.05, 0) is 43.4 Å². The van der Waals surface area contributed by atoms with Crippen molar-refractivity contribution in [2.75, 3.05) is 0 Å². The van der Waals surface area contributed by atoms with Gasteiger partial charge in [-0.2, -0.15) is 0 Å². The lowest BCUT2D eigenvalue weighted by atomic mass is 9.93. The minimum Gasteiger partial charge on any atom is -0.406 e. The molecule has 1 aliphatic rings. The van der Waals surface area contributed by atoms with Gasteiger partial charge >= 0.3 is 6.36 Å². The molecule has 1 fully saturated rings. The average molecular weight is 289 g/mol. The van der Waals surface area contributed by atoms with Crippen LogP contribution in [0.4, 0.5) is 13.2 Å². The third-order valence-corrected chi connectivity index (χ3v) is 3.42. The monoisotopic (exact) mass is 289 g/mol. The number of hydrogen-bond acceptors (Lipinski definition) is 3. The molecule has 0 spiro atoms. The number of halogens is 3. The second-order valence-corrected chi connectivity index (χ2v) is 5.08. The van der Waals surface area contributed by atoms with Gasteiger partial charge in [-0.25, -0.2) is 0 Å². The molecule has 1 aromatic carbocycles. The first-order valence-electron chi connectivity index (χ1n) is 6.68. The van der Waals surface area contributed by atoms with E-state index in [9.17, 15) is 18.3 Å². The topological polar surface area (TPSA) is 41.5 Å². The highest BCUT2D eigenvalue weighted by atomic mass is 19.4. The fourth-order valence-electron chi connectivity index (χ4n) is 2.39. The summed E-state index contributed by atoms with van der Waals surface area (Å²) in [7, 11) is 0. The van der Waals surface area contributed by atoms with Gasteiger partial charge in [0.25, 0.3) is 0 Å². The fraction of sp³-hybridized carbons (Fsp3) is 0.571. The second-order valence-electron chi connectivity index (χ2n) is 5.08. The maximum absolute atomic E-state index is 12.1. The molecule has 20 heavy (non-hydrogen) atoms. The summed E-state index contributed by atoms with van der Waals surface area (Å²) in [5.74, 6) is -0.198. The van der Waals surface area contributed by atoms with Crippen LogP contribution in [0.1, 0.15) is 31.2 Å². The minimum atomic E-state index is -4.66. The highest BCUT2D eigenvalue weighted by Gasteiger charge is 2.31.